The Morgan fingerprint density at radius 2 is 1.80 bits per heavy atom. The van der Waals surface area contributed by atoms with Gasteiger partial charge in [0, 0.05) is 21.2 Å². The zero-order chi connectivity index (χ0) is 22.1. The van der Waals surface area contributed by atoms with Crippen molar-refractivity contribution >= 4 is 11.8 Å². The molecule has 1 aliphatic rings. The lowest BCUT2D eigenvalue weighted by atomic mass is 9.94. The minimum atomic E-state index is 0.485. The Balaban J connectivity index is 2.54. The fraction of sp³-hybridized carbons (Fsp3) is 0.500. The first kappa shape index (κ1) is 24.6. The van der Waals surface area contributed by atoms with Crippen molar-refractivity contribution in [2.75, 3.05) is 0 Å². The molecule has 1 aromatic rings. The molecule has 1 aromatic carbocycles. The van der Waals surface area contributed by atoms with Crippen molar-refractivity contribution in [3.8, 4) is 0 Å². The zero-order valence-electron chi connectivity index (χ0n) is 19.8. The van der Waals surface area contributed by atoms with Gasteiger partial charge < -0.3 is 4.90 Å². The molecular weight excluding hydrogens is 382 g/mol. The minimum Gasteiger partial charge on any atom is -0.318 e. The quantitative estimate of drug-likeness (QED) is 0.349. The molecule has 1 unspecified atom stereocenters. The lowest BCUT2D eigenvalue weighted by Crippen LogP contribution is -2.24. The normalized spacial score (nSPS) is 15.8. The molecule has 0 amide bonds. The standard InChI is InChI=1S/C28H41NS/c1-8-15-24(11-4)20-23(7)29(22(6)10-3)26-18-14-17-25-16-12-13-19-27(25)30-28(26)21(5)9-2/h12-14,16,18-19,21,24H,6-11,15,17,20H2,1-5H3/t21-,24?/m1/s1. The van der Waals surface area contributed by atoms with E-state index in [0.717, 1.165) is 31.4 Å². The third-order valence-electron chi connectivity index (χ3n) is 6.20. The van der Waals surface area contributed by atoms with Gasteiger partial charge >= 0.3 is 0 Å². The number of hydrogen-bond donors (Lipinski definition) is 0. The van der Waals surface area contributed by atoms with E-state index in [4.69, 9.17) is 0 Å². The van der Waals surface area contributed by atoms with Gasteiger partial charge in [0.15, 0.2) is 0 Å². The summed E-state index contributed by atoms with van der Waals surface area (Å²) in [7, 11) is 0. The average molecular weight is 424 g/mol. The molecule has 0 bridgehead atoms. The minimum absolute atomic E-state index is 0.485. The maximum atomic E-state index is 4.58. The molecule has 0 radical (unpaired) electrons. The molecule has 2 rings (SSSR count). The Hall–Kier alpha value is -1.67. The molecule has 0 saturated carbocycles. The topological polar surface area (TPSA) is 3.24 Å². The number of thioether (sulfide) groups is 1. The average Bonchev–Trinajstić information content (AvgIpc) is 2.74. The number of hydrogen-bond acceptors (Lipinski definition) is 2. The van der Waals surface area contributed by atoms with Crippen LogP contribution in [0.25, 0.3) is 0 Å². The summed E-state index contributed by atoms with van der Waals surface area (Å²) in [5.74, 6) is 1.17. The van der Waals surface area contributed by atoms with Crippen LogP contribution >= 0.6 is 11.8 Å². The molecular formula is C28H41NS. The van der Waals surface area contributed by atoms with Crippen molar-refractivity contribution in [2.45, 2.75) is 84.5 Å². The van der Waals surface area contributed by atoms with Crippen molar-refractivity contribution in [2.24, 2.45) is 11.8 Å². The summed E-state index contributed by atoms with van der Waals surface area (Å²) in [6.45, 7) is 20.4. The highest BCUT2D eigenvalue weighted by atomic mass is 32.2. The highest BCUT2D eigenvalue weighted by Gasteiger charge is 2.24. The van der Waals surface area contributed by atoms with Crippen LogP contribution in [-0.4, -0.2) is 4.90 Å². The molecule has 1 nitrogen and oxygen atoms in total. The first-order valence-corrected chi connectivity index (χ1v) is 12.6. The molecule has 1 heterocycles. The van der Waals surface area contributed by atoms with Gasteiger partial charge in [0.05, 0.1) is 5.70 Å². The van der Waals surface area contributed by atoms with Crippen LogP contribution in [0, 0.1) is 11.8 Å². The molecule has 0 saturated heterocycles. The Morgan fingerprint density at radius 1 is 1.07 bits per heavy atom. The number of rotatable bonds is 11. The predicted molar refractivity (Wildman–Crippen MR) is 135 cm³/mol. The van der Waals surface area contributed by atoms with Crippen molar-refractivity contribution in [1.29, 1.82) is 0 Å². The van der Waals surface area contributed by atoms with E-state index >= 15 is 0 Å². The van der Waals surface area contributed by atoms with Crippen LogP contribution in [0.3, 0.4) is 0 Å². The monoisotopic (exact) mass is 423 g/mol. The second-order valence-electron chi connectivity index (χ2n) is 8.46. The lowest BCUT2D eigenvalue weighted by molar-refractivity contribution is 0.402. The zero-order valence-corrected chi connectivity index (χ0v) is 20.7. The fourth-order valence-electron chi connectivity index (χ4n) is 4.05. The lowest BCUT2D eigenvalue weighted by Gasteiger charge is -2.34. The van der Waals surface area contributed by atoms with E-state index in [1.165, 1.54) is 46.0 Å². The number of nitrogens with zero attached hydrogens (tertiary/aromatic N) is 1. The second kappa shape index (κ2) is 12.2. The largest absolute Gasteiger partial charge is 0.318 e. The fourth-order valence-corrected chi connectivity index (χ4v) is 5.35. The third-order valence-corrected chi connectivity index (χ3v) is 7.65. The second-order valence-corrected chi connectivity index (χ2v) is 9.55. The van der Waals surface area contributed by atoms with Gasteiger partial charge in [0.2, 0.25) is 0 Å². The van der Waals surface area contributed by atoms with Crippen LogP contribution in [0.15, 0.2) is 76.5 Å². The number of fused-ring (bicyclic) bond motifs is 1. The predicted octanol–water partition coefficient (Wildman–Crippen LogP) is 9.10. The van der Waals surface area contributed by atoms with E-state index in [-0.39, 0.29) is 0 Å². The summed E-state index contributed by atoms with van der Waals surface area (Å²) in [6, 6.07) is 8.82. The van der Waals surface area contributed by atoms with Crippen molar-refractivity contribution in [3.63, 3.8) is 0 Å². The Kier molecular flexibility index (Phi) is 10.0. The van der Waals surface area contributed by atoms with Crippen LogP contribution in [0.1, 0.15) is 78.7 Å². The van der Waals surface area contributed by atoms with Crippen LogP contribution in [0.4, 0.5) is 0 Å². The van der Waals surface area contributed by atoms with Gasteiger partial charge in [0.1, 0.15) is 0 Å². The first-order chi connectivity index (χ1) is 14.5. The van der Waals surface area contributed by atoms with Gasteiger partial charge in [-0.15, -0.1) is 0 Å². The van der Waals surface area contributed by atoms with Crippen LogP contribution in [-0.2, 0) is 6.42 Å². The SMILES string of the molecule is C=C(CC)N(C(=C)CC(CC)CCC)C1=C([C@H](C)CC)Sc2ccccc2CC=C1. The van der Waals surface area contributed by atoms with Gasteiger partial charge in [-0.05, 0) is 55.2 Å². The summed E-state index contributed by atoms with van der Waals surface area (Å²) in [4.78, 5) is 5.19. The molecule has 1 aliphatic heterocycles. The third kappa shape index (κ3) is 6.17. The molecule has 0 fully saturated rings. The van der Waals surface area contributed by atoms with Crippen LogP contribution < -0.4 is 0 Å². The Bertz CT molecular complexity index is 786. The van der Waals surface area contributed by atoms with E-state index in [1.54, 1.807) is 0 Å². The van der Waals surface area contributed by atoms with Crippen LogP contribution in [0.5, 0.6) is 0 Å². The molecule has 0 N–H and O–H groups in total. The summed E-state index contributed by atoms with van der Waals surface area (Å²) in [5, 5.41) is 0. The van der Waals surface area contributed by atoms with E-state index in [2.05, 4.69) is 89.1 Å². The number of allylic oxidation sites excluding steroid dienone is 5. The van der Waals surface area contributed by atoms with Gasteiger partial charge in [-0.3, -0.25) is 0 Å². The van der Waals surface area contributed by atoms with Gasteiger partial charge in [-0.2, -0.15) is 0 Å². The summed E-state index contributed by atoms with van der Waals surface area (Å²) < 4.78 is 0. The Morgan fingerprint density at radius 3 is 2.43 bits per heavy atom. The molecule has 0 aliphatic carbocycles. The van der Waals surface area contributed by atoms with E-state index in [0.29, 0.717) is 11.8 Å². The molecule has 2 atom stereocenters. The van der Waals surface area contributed by atoms with E-state index < -0.39 is 0 Å². The summed E-state index contributed by atoms with van der Waals surface area (Å²) in [5.41, 5.74) is 5.03. The summed E-state index contributed by atoms with van der Waals surface area (Å²) in [6.07, 6.45) is 12.4. The molecule has 2 heteroatoms. The highest BCUT2D eigenvalue weighted by Crippen LogP contribution is 2.42. The Labute approximate surface area is 190 Å². The van der Waals surface area contributed by atoms with Gasteiger partial charge in [0.25, 0.3) is 0 Å². The summed E-state index contributed by atoms with van der Waals surface area (Å²) >= 11 is 1.94. The van der Waals surface area contributed by atoms with Crippen LogP contribution in [0.2, 0.25) is 0 Å². The van der Waals surface area contributed by atoms with E-state index in [9.17, 15) is 0 Å². The van der Waals surface area contributed by atoms with Gasteiger partial charge in [-0.25, -0.2) is 0 Å². The number of benzene rings is 1. The molecule has 164 valence electrons. The maximum absolute atomic E-state index is 4.58. The van der Waals surface area contributed by atoms with Crippen molar-refractivity contribution in [3.05, 3.63) is 77.1 Å². The first-order valence-electron chi connectivity index (χ1n) is 11.8. The highest BCUT2D eigenvalue weighted by molar-refractivity contribution is 8.03. The van der Waals surface area contributed by atoms with E-state index in [1.807, 2.05) is 11.8 Å². The maximum Gasteiger partial charge on any atom is 0.0552 e. The molecule has 0 aromatic heterocycles. The van der Waals surface area contributed by atoms with Crippen molar-refractivity contribution in [1.82, 2.24) is 4.90 Å². The van der Waals surface area contributed by atoms with Gasteiger partial charge in [-0.1, -0.05) is 103 Å². The smallest absolute Gasteiger partial charge is 0.0552 e. The molecule has 0 spiro atoms. The molecule has 30 heavy (non-hydrogen) atoms. The van der Waals surface area contributed by atoms with Crippen molar-refractivity contribution < 1.29 is 0 Å².